The van der Waals surface area contributed by atoms with Crippen LogP contribution in [0.15, 0.2) is 60.7 Å². The number of para-hydroxylation sites is 1. The Morgan fingerprint density at radius 1 is 0.750 bits per heavy atom. The standard InChI is InChI=1S/C25H29NO2/c27-23-17-8-7-15-21(23)24(19-11-3-1-4-12-19)22-16-9-10-18-26(25(22)28)20-13-5-2-6-14-20/h1-6,11-14,21-22,24H,7-10,15-18H2/t21-,22-,24+/m1/s1. The molecule has 3 atom stereocenters. The van der Waals surface area contributed by atoms with Crippen molar-refractivity contribution >= 4 is 17.4 Å². The minimum absolute atomic E-state index is 0.00851. The summed E-state index contributed by atoms with van der Waals surface area (Å²) in [6.07, 6.45) is 6.56. The van der Waals surface area contributed by atoms with Crippen molar-refractivity contribution in [3.8, 4) is 0 Å². The van der Waals surface area contributed by atoms with Gasteiger partial charge in [-0.15, -0.1) is 0 Å². The third kappa shape index (κ3) is 3.89. The number of hydrogen-bond donors (Lipinski definition) is 0. The Balaban J connectivity index is 1.71. The first-order chi connectivity index (χ1) is 13.8. The summed E-state index contributed by atoms with van der Waals surface area (Å²) in [5.41, 5.74) is 2.12. The van der Waals surface area contributed by atoms with Gasteiger partial charge < -0.3 is 4.90 Å². The van der Waals surface area contributed by atoms with Gasteiger partial charge in [0.2, 0.25) is 5.91 Å². The van der Waals surface area contributed by atoms with E-state index in [1.165, 1.54) is 0 Å². The van der Waals surface area contributed by atoms with Crippen LogP contribution in [0.5, 0.6) is 0 Å². The number of Topliss-reactive ketones (excluding diaryl/α,β-unsaturated/α-hetero) is 1. The van der Waals surface area contributed by atoms with Gasteiger partial charge in [-0.05, 0) is 43.4 Å². The lowest BCUT2D eigenvalue weighted by Gasteiger charge is -2.36. The van der Waals surface area contributed by atoms with E-state index in [9.17, 15) is 9.59 Å². The lowest BCUT2D eigenvalue weighted by Crippen LogP contribution is -2.41. The normalized spacial score (nSPS) is 24.6. The number of hydrogen-bond acceptors (Lipinski definition) is 2. The van der Waals surface area contributed by atoms with Crippen LogP contribution in [-0.2, 0) is 9.59 Å². The lowest BCUT2D eigenvalue weighted by molar-refractivity contribution is -0.128. The SMILES string of the molecule is O=C1CCCC[C@H]1[C@H](c1ccccc1)[C@H]1CCCCN(c2ccccc2)C1=O. The van der Waals surface area contributed by atoms with Gasteiger partial charge in [-0.25, -0.2) is 0 Å². The Labute approximate surface area is 167 Å². The van der Waals surface area contributed by atoms with Crippen LogP contribution in [0.1, 0.15) is 56.4 Å². The average molecular weight is 376 g/mol. The molecule has 1 heterocycles. The second kappa shape index (κ2) is 8.72. The van der Waals surface area contributed by atoms with Crippen molar-refractivity contribution in [2.75, 3.05) is 11.4 Å². The highest BCUT2D eigenvalue weighted by atomic mass is 16.2. The van der Waals surface area contributed by atoms with Crippen molar-refractivity contribution < 1.29 is 9.59 Å². The number of amides is 1. The molecule has 1 saturated carbocycles. The van der Waals surface area contributed by atoms with Crippen molar-refractivity contribution in [3.63, 3.8) is 0 Å². The summed E-state index contributed by atoms with van der Waals surface area (Å²) in [4.78, 5) is 28.6. The lowest BCUT2D eigenvalue weighted by atomic mass is 9.69. The number of ketones is 1. The fourth-order valence-corrected chi connectivity index (χ4v) is 5.08. The Bertz CT molecular complexity index is 802. The molecule has 3 nitrogen and oxygen atoms in total. The van der Waals surface area contributed by atoms with Crippen molar-refractivity contribution in [1.82, 2.24) is 0 Å². The maximum absolute atomic E-state index is 13.7. The van der Waals surface area contributed by atoms with E-state index in [0.717, 1.165) is 56.3 Å². The topological polar surface area (TPSA) is 37.4 Å². The highest BCUT2D eigenvalue weighted by Gasteiger charge is 2.41. The molecule has 1 aliphatic carbocycles. The molecule has 1 aliphatic heterocycles. The number of rotatable bonds is 4. The Morgan fingerprint density at radius 2 is 1.39 bits per heavy atom. The predicted molar refractivity (Wildman–Crippen MR) is 112 cm³/mol. The van der Waals surface area contributed by atoms with E-state index in [2.05, 4.69) is 12.1 Å². The molecule has 0 radical (unpaired) electrons. The highest BCUT2D eigenvalue weighted by Crippen LogP contribution is 2.43. The fraction of sp³-hybridized carbons (Fsp3) is 0.440. The molecule has 0 N–H and O–H groups in total. The fourth-order valence-electron chi connectivity index (χ4n) is 5.08. The first-order valence-electron chi connectivity index (χ1n) is 10.7. The van der Waals surface area contributed by atoms with E-state index in [-0.39, 0.29) is 23.7 Å². The summed E-state index contributed by atoms with van der Waals surface area (Å²) in [6, 6.07) is 20.3. The van der Waals surface area contributed by atoms with Crippen molar-refractivity contribution in [3.05, 3.63) is 66.2 Å². The zero-order chi connectivity index (χ0) is 19.3. The number of carbonyl (C=O) groups is 2. The van der Waals surface area contributed by atoms with Gasteiger partial charge in [0.15, 0.2) is 0 Å². The summed E-state index contributed by atoms with van der Waals surface area (Å²) in [6.45, 7) is 0.763. The molecule has 2 aromatic rings. The predicted octanol–water partition coefficient (Wildman–Crippen LogP) is 5.36. The van der Waals surface area contributed by atoms with E-state index in [0.29, 0.717) is 12.2 Å². The van der Waals surface area contributed by atoms with Crippen LogP contribution < -0.4 is 4.90 Å². The van der Waals surface area contributed by atoms with Crippen LogP contribution in [0, 0.1) is 11.8 Å². The average Bonchev–Trinajstić information content (AvgIpc) is 2.93. The minimum atomic E-state index is -0.128. The molecule has 3 heteroatoms. The van der Waals surface area contributed by atoms with Crippen molar-refractivity contribution in [1.29, 1.82) is 0 Å². The van der Waals surface area contributed by atoms with E-state index >= 15 is 0 Å². The molecular formula is C25H29NO2. The Kier molecular flexibility index (Phi) is 5.90. The molecule has 0 bridgehead atoms. The van der Waals surface area contributed by atoms with Gasteiger partial charge >= 0.3 is 0 Å². The summed E-state index contributed by atoms with van der Waals surface area (Å²) in [5, 5.41) is 0. The largest absolute Gasteiger partial charge is 0.312 e. The van der Waals surface area contributed by atoms with Crippen LogP contribution in [-0.4, -0.2) is 18.2 Å². The monoisotopic (exact) mass is 375 g/mol. The second-order valence-electron chi connectivity index (χ2n) is 8.18. The molecule has 2 fully saturated rings. The molecule has 28 heavy (non-hydrogen) atoms. The first-order valence-corrected chi connectivity index (χ1v) is 10.7. The highest BCUT2D eigenvalue weighted by molar-refractivity contribution is 5.96. The number of anilines is 1. The van der Waals surface area contributed by atoms with Crippen LogP contribution in [0.4, 0.5) is 5.69 Å². The molecule has 0 aromatic heterocycles. The van der Waals surface area contributed by atoms with Gasteiger partial charge in [0.05, 0.1) is 0 Å². The third-order valence-electron chi connectivity index (χ3n) is 6.45. The number of carbonyl (C=O) groups excluding carboxylic acids is 2. The van der Waals surface area contributed by atoms with Crippen LogP contribution >= 0.6 is 0 Å². The second-order valence-corrected chi connectivity index (χ2v) is 8.18. The van der Waals surface area contributed by atoms with Gasteiger partial charge in [0.1, 0.15) is 5.78 Å². The quantitative estimate of drug-likeness (QED) is 0.721. The van der Waals surface area contributed by atoms with E-state index in [1.54, 1.807) is 0 Å². The van der Waals surface area contributed by atoms with Crippen LogP contribution in [0.2, 0.25) is 0 Å². The Hall–Kier alpha value is -2.42. The summed E-state index contributed by atoms with van der Waals surface area (Å²) in [7, 11) is 0. The van der Waals surface area contributed by atoms with Gasteiger partial charge in [-0.3, -0.25) is 9.59 Å². The summed E-state index contributed by atoms with van der Waals surface area (Å²) in [5.74, 6) is 0.378. The van der Waals surface area contributed by atoms with E-state index in [4.69, 9.17) is 0 Å². The van der Waals surface area contributed by atoms with Crippen molar-refractivity contribution in [2.45, 2.75) is 50.9 Å². The molecular weight excluding hydrogens is 346 g/mol. The Morgan fingerprint density at radius 3 is 2.11 bits per heavy atom. The summed E-state index contributed by atoms with van der Waals surface area (Å²) < 4.78 is 0. The summed E-state index contributed by atoms with van der Waals surface area (Å²) >= 11 is 0. The molecule has 4 rings (SSSR count). The molecule has 0 spiro atoms. The first kappa shape index (κ1) is 18.9. The third-order valence-corrected chi connectivity index (χ3v) is 6.45. The minimum Gasteiger partial charge on any atom is -0.312 e. The number of benzene rings is 2. The van der Waals surface area contributed by atoms with Crippen LogP contribution in [0.3, 0.4) is 0 Å². The van der Waals surface area contributed by atoms with Gasteiger partial charge in [-0.1, -0.05) is 61.4 Å². The smallest absolute Gasteiger partial charge is 0.230 e. The molecule has 1 saturated heterocycles. The molecule has 2 aromatic carbocycles. The van der Waals surface area contributed by atoms with Crippen LogP contribution in [0.25, 0.3) is 0 Å². The molecule has 1 amide bonds. The van der Waals surface area contributed by atoms with Gasteiger partial charge in [0.25, 0.3) is 0 Å². The maximum Gasteiger partial charge on any atom is 0.230 e. The zero-order valence-corrected chi connectivity index (χ0v) is 16.4. The van der Waals surface area contributed by atoms with E-state index in [1.807, 2.05) is 53.4 Å². The molecule has 146 valence electrons. The zero-order valence-electron chi connectivity index (χ0n) is 16.4. The number of nitrogens with zero attached hydrogens (tertiary/aromatic N) is 1. The maximum atomic E-state index is 13.7. The van der Waals surface area contributed by atoms with Gasteiger partial charge in [0, 0.05) is 36.4 Å². The van der Waals surface area contributed by atoms with E-state index < -0.39 is 0 Å². The molecule has 0 unspecified atom stereocenters. The van der Waals surface area contributed by atoms with Crippen molar-refractivity contribution in [2.24, 2.45) is 11.8 Å². The van der Waals surface area contributed by atoms with Gasteiger partial charge in [-0.2, -0.15) is 0 Å². The molecule has 2 aliphatic rings.